The van der Waals surface area contributed by atoms with Crippen LogP contribution in [0.1, 0.15) is 22.6 Å². The van der Waals surface area contributed by atoms with E-state index >= 15 is 0 Å². The second kappa shape index (κ2) is 6.70. The van der Waals surface area contributed by atoms with E-state index in [0.29, 0.717) is 15.2 Å². The Kier molecular flexibility index (Phi) is 4.43. The van der Waals surface area contributed by atoms with Crippen molar-refractivity contribution in [1.29, 1.82) is 0 Å². The van der Waals surface area contributed by atoms with Crippen LogP contribution in [-0.4, -0.2) is 50.9 Å². The van der Waals surface area contributed by atoms with E-state index in [1.165, 1.54) is 0 Å². The zero-order chi connectivity index (χ0) is 16.5. The molecule has 0 radical (unpaired) electrons. The molecule has 3 saturated heterocycles. The minimum Gasteiger partial charge on any atom is -0.346 e. The average Bonchev–Trinajstić information content (AvgIpc) is 3.13. The van der Waals surface area contributed by atoms with Gasteiger partial charge in [-0.15, -0.1) is 10.2 Å². The van der Waals surface area contributed by atoms with E-state index in [2.05, 4.69) is 20.4 Å². The van der Waals surface area contributed by atoms with Gasteiger partial charge in [0.15, 0.2) is 0 Å². The van der Waals surface area contributed by atoms with Crippen molar-refractivity contribution in [2.75, 3.05) is 19.6 Å². The smallest absolute Gasteiger partial charge is 0.282 e. The van der Waals surface area contributed by atoms with Crippen molar-refractivity contribution in [3.63, 3.8) is 0 Å². The molecule has 2 aromatic rings. The maximum absolute atomic E-state index is 12.5. The fraction of sp³-hybridized carbons (Fsp3) is 0.438. The van der Waals surface area contributed by atoms with Gasteiger partial charge in [-0.2, -0.15) is 0 Å². The Bertz CT molecular complexity index is 756. The van der Waals surface area contributed by atoms with Crippen LogP contribution in [0.3, 0.4) is 0 Å². The summed E-state index contributed by atoms with van der Waals surface area (Å²) in [6.45, 7) is 3.18. The van der Waals surface area contributed by atoms with Crippen molar-refractivity contribution in [2.24, 2.45) is 5.92 Å². The maximum atomic E-state index is 12.5. The summed E-state index contributed by atoms with van der Waals surface area (Å²) in [6, 6.07) is 9.28. The van der Waals surface area contributed by atoms with Crippen molar-refractivity contribution in [1.82, 2.24) is 20.4 Å². The van der Waals surface area contributed by atoms with Gasteiger partial charge in [-0.25, -0.2) is 4.21 Å². The lowest BCUT2D eigenvalue weighted by atomic mass is 9.84. The van der Waals surface area contributed by atoms with Crippen LogP contribution >= 0.6 is 11.3 Å². The quantitative estimate of drug-likeness (QED) is 0.893. The predicted molar refractivity (Wildman–Crippen MR) is 91.4 cm³/mol. The molecule has 126 valence electrons. The molecule has 5 rings (SSSR count). The highest BCUT2D eigenvalue weighted by Gasteiger charge is 2.35. The zero-order valence-corrected chi connectivity index (χ0v) is 14.7. The predicted octanol–water partition coefficient (Wildman–Crippen LogP) is 1.53. The summed E-state index contributed by atoms with van der Waals surface area (Å²) >= 11 is 1.10. The number of nitrogens with one attached hydrogen (secondary N) is 1. The number of nitrogens with zero attached hydrogens (tertiary/aromatic N) is 3. The van der Waals surface area contributed by atoms with Gasteiger partial charge < -0.3 is 10.2 Å². The van der Waals surface area contributed by atoms with Gasteiger partial charge in [0.25, 0.3) is 5.91 Å². The molecule has 2 atom stereocenters. The topological polar surface area (TPSA) is 75.2 Å². The molecule has 24 heavy (non-hydrogen) atoms. The van der Waals surface area contributed by atoms with Crippen LogP contribution < -0.4 is 5.32 Å². The highest BCUT2D eigenvalue weighted by atomic mass is 32.2. The number of hydrogen-bond acceptors (Lipinski definition) is 6. The molecule has 0 spiro atoms. The normalized spacial score (nSPS) is 26.9. The van der Waals surface area contributed by atoms with E-state index in [1.54, 1.807) is 12.1 Å². The van der Waals surface area contributed by atoms with Gasteiger partial charge in [0.1, 0.15) is 10.8 Å². The molecule has 6 nitrogen and oxygen atoms in total. The molecule has 3 aliphatic rings. The minimum absolute atomic E-state index is 0.187. The van der Waals surface area contributed by atoms with E-state index in [9.17, 15) is 9.00 Å². The number of hydrogen-bond donors (Lipinski definition) is 1. The van der Waals surface area contributed by atoms with E-state index in [0.717, 1.165) is 43.8 Å². The summed E-state index contributed by atoms with van der Waals surface area (Å²) in [6.07, 6.45) is 2.29. The van der Waals surface area contributed by atoms with Crippen LogP contribution in [0.5, 0.6) is 0 Å². The number of rotatable bonds is 4. The number of carbonyl (C=O) groups is 1. The second-order valence-electron chi connectivity index (χ2n) is 6.17. The van der Waals surface area contributed by atoms with Crippen molar-refractivity contribution in [3.8, 4) is 0 Å². The van der Waals surface area contributed by atoms with Gasteiger partial charge in [0.2, 0.25) is 9.35 Å². The summed E-state index contributed by atoms with van der Waals surface area (Å²) < 4.78 is 12.8. The van der Waals surface area contributed by atoms with Crippen molar-refractivity contribution < 1.29 is 9.00 Å². The van der Waals surface area contributed by atoms with E-state index in [-0.39, 0.29) is 17.0 Å². The van der Waals surface area contributed by atoms with Crippen molar-refractivity contribution in [2.45, 2.75) is 28.1 Å². The lowest BCUT2D eigenvalue weighted by Crippen LogP contribution is -2.57. The molecule has 1 N–H and O–H groups in total. The number of amides is 1. The Morgan fingerprint density at radius 1 is 1.21 bits per heavy atom. The van der Waals surface area contributed by atoms with Gasteiger partial charge in [-0.3, -0.25) is 4.79 Å². The Morgan fingerprint density at radius 3 is 2.62 bits per heavy atom. The van der Waals surface area contributed by atoms with Gasteiger partial charge >= 0.3 is 0 Å². The highest BCUT2D eigenvalue weighted by Crippen LogP contribution is 2.28. The van der Waals surface area contributed by atoms with Crippen LogP contribution in [-0.2, 0) is 10.8 Å². The summed E-state index contributed by atoms with van der Waals surface area (Å²) in [5.74, 6) is 0.354. The molecule has 1 aromatic carbocycles. The summed E-state index contributed by atoms with van der Waals surface area (Å²) in [5, 5.41) is 11.3. The van der Waals surface area contributed by atoms with Gasteiger partial charge in [0, 0.05) is 17.5 Å². The van der Waals surface area contributed by atoms with Gasteiger partial charge in [-0.05, 0) is 44.0 Å². The summed E-state index contributed by atoms with van der Waals surface area (Å²) in [5.41, 5.74) is 0. The first-order valence-corrected chi connectivity index (χ1v) is 10.0. The number of benzene rings is 1. The third-order valence-corrected chi connectivity index (χ3v) is 7.21. The molecular formula is C16H18N4O2S2. The Hall–Kier alpha value is -1.64. The molecule has 3 aliphatic heterocycles. The third-order valence-electron chi connectivity index (χ3n) is 4.69. The Balaban J connectivity index is 1.44. The summed E-state index contributed by atoms with van der Waals surface area (Å²) in [7, 11) is -1.39. The van der Waals surface area contributed by atoms with Gasteiger partial charge in [-0.1, -0.05) is 29.5 Å². The minimum atomic E-state index is -1.39. The first kappa shape index (κ1) is 15.9. The van der Waals surface area contributed by atoms with E-state index in [1.807, 2.05) is 18.2 Å². The van der Waals surface area contributed by atoms with Crippen LogP contribution in [0.2, 0.25) is 0 Å². The molecule has 8 heteroatoms. The van der Waals surface area contributed by atoms with Gasteiger partial charge in [0.05, 0.1) is 0 Å². The van der Waals surface area contributed by atoms with Crippen LogP contribution in [0, 0.1) is 5.92 Å². The van der Waals surface area contributed by atoms with Crippen LogP contribution in [0.25, 0.3) is 0 Å². The molecule has 4 heterocycles. The fourth-order valence-corrected chi connectivity index (χ4v) is 5.41. The molecule has 1 amide bonds. The number of fused-ring (bicyclic) bond motifs is 3. The lowest BCUT2D eigenvalue weighted by molar-refractivity contribution is 0.0620. The first-order valence-electron chi connectivity index (χ1n) is 8.04. The van der Waals surface area contributed by atoms with Crippen molar-refractivity contribution >= 4 is 28.0 Å². The lowest BCUT2D eigenvalue weighted by Gasteiger charge is -2.44. The summed E-state index contributed by atoms with van der Waals surface area (Å²) in [4.78, 5) is 15.5. The largest absolute Gasteiger partial charge is 0.346 e. The molecule has 1 aromatic heterocycles. The molecule has 2 unspecified atom stereocenters. The number of carbonyl (C=O) groups excluding carboxylic acids is 1. The van der Waals surface area contributed by atoms with Crippen LogP contribution in [0.4, 0.5) is 0 Å². The fourth-order valence-electron chi connectivity index (χ4n) is 3.38. The molecule has 0 aliphatic carbocycles. The molecule has 2 bridgehead atoms. The van der Waals surface area contributed by atoms with E-state index in [4.69, 9.17) is 0 Å². The molecule has 3 fully saturated rings. The van der Waals surface area contributed by atoms with Crippen molar-refractivity contribution in [3.05, 3.63) is 35.3 Å². The SMILES string of the molecule is O=C(NC1CN2CCC1CC2)c1nnc(S(=O)c2ccccc2)s1. The third kappa shape index (κ3) is 3.13. The number of aromatic nitrogens is 2. The van der Waals surface area contributed by atoms with Crippen LogP contribution in [0.15, 0.2) is 39.6 Å². The number of piperidine rings is 3. The Morgan fingerprint density at radius 2 is 1.96 bits per heavy atom. The Labute approximate surface area is 146 Å². The first-order chi connectivity index (χ1) is 11.7. The van der Waals surface area contributed by atoms with E-state index < -0.39 is 10.8 Å². The molecule has 0 saturated carbocycles. The maximum Gasteiger partial charge on any atom is 0.282 e. The average molecular weight is 362 g/mol. The zero-order valence-electron chi connectivity index (χ0n) is 13.1. The molecular weight excluding hydrogens is 344 g/mol. The second-order valence-corrected chi connectivity index (χ2v) is 8.80. The highest BCUT2D eigenvalue weighted by molar-refractivity contribution is 7.87. The standard InChI is InChI=1S/C16H18N4O2S2/c21-14(17-13-10-20-8-6-11(13)7-9-20)15-18-19-16(23-15)24(22)12-4-2-1-3-5-12/h1-5,11,13H,6-10H2,(H,17,21). The monoisotopic (exact) mass is 362 g/mol.